The third-order valence-electron chi connectivity index (χ3n) is 4.82. The number of carbonyl (C=O) groups is 1. The van der Waals surface area contributed by atoms with E-state index >= 15 is 0 Å². The van der Waals surface area contributed by atoms with Crippen LogP contribution >= 0.6 is 23.4 Å². The number of amides is 1. The second-order valence-corrected chi connectivity index (χ2v) is 8.40. The molecule has 0 spiro atoms. The summed E-state index contributed by atoms with van der Waals surface area (Å²) in [6, 6.07) is 14.8. The summed E-state index contributed by atoms with van der Waals surface area (Å²) in [5.41, 5.74) is 3.48. The summed E-state index contributed by atoms with van der Waals surface area (Å²) in [6.45, 7) is 3.85. The predicted octanol–water partition coefficient (Wildman–Crippen LogP) is 4.91. The molecule has 1 N–H and O–H groups in total. The van der Waals surface area contributed by atoms with Gasteiger partial charge >= 0.3 is 0 Å². The van der Waals surface area contributed by atoms with Crippen LogP contribution in [-0.2, 0) is 0 Å². The standard InChI is InChI=1S/C22H21ClN4OS/c1-15-17(6-8-21(25-15)27-10-12-29-13-11-27)22(28)26-16-5-7-19(23)18(14-16)20-4-2-3-9-24-20/h2-9,14H,10-13H2,1H3,(H,26,28). The van der Waals surface area contributed by atoms with Crippen LogP contribution < -0.4 is 10.2 Å². The van der Waals surface area contributed by atoms with Crippen LogP contribution in [0.15, 0.2) is 54.7 Å². The molecule has 3 aromatic rings. The smallest absolute Gasteiger partial charge is 0.257 e. The lowest BCUT2D eigenvalue weighted by Gasteiger charge is -2.27. The van der Waals surface area contributed by atoms with Crippen molar-refractivity contribution >= 4 is 40.8 Å². The van der Waals surface area contributed by atoms with Crippen LogP contribution in [-0.4, -0.2) is 40.5 Å². The van der Waals surface area contributed by atoms with Crippen molar-refractivity contribution in [3.63, 3.8) is 0 Å². The first-order chi connectivity index (χ1) is 14.1. The van der Waals surface area contributed by atoms with Crippen molar-refractivity contribution in [1.82, 2.24) is 9.97 Å². The molecule has 29 heavy (non-hydrogen) atoms. The average molecular weight is 425 g/mol. The van der Waals surface area contributed by atoms with Crippen LogP contribution in [0.1, 0.15) is 16.1 Å². The zero-order valence-electron chi connectivity index (χ0n) is 16.1. The van der Waals surface area contributed by atoms with E-state index in [4.69, 9.17) is 11.6 Å². The molecule has 1 aliphatic heterocycles. The van der Waals surface area contributed by atoms with Crippen molar-refractivity contribution in [2.45, 2.75) is 6.92 Å². The highest BCUT2D eigenvalue weighted by molar-refractivity contribution is 7.99. The van der Waals surface area contributed by atoms with Crippen LogP contribution in [0.4, 0.5) is 11.5 Å². The molecule has 1 saturated heterocycles. The monoisotopic (exact) mass is 424 g/mol. The van der Waals surface area contributed by atoms with E-state index < -0.39 is 0 Å². The van der Waals surface area contributed by atoms with E-state index in [0.717, 1.165) is 47.4 Å². The van der Waals surface area contributed by atoms with Crippen molar-refractivity contribution in [3.05, 3.63) is 71.0 Å². The van der Waals surface area contributed by atoms with E-state index in [1.807, 2.05) is 55.1 Å². The first-order valence-corrected chi connectivity index (χ1v) is 11.0. The van der Waals surface area contributed by atoms with E-state index in [2.05, 4.69) is 20.2 Å². The summed E-state index contributed by atoms with van der Waals surface area (Å²) in [5, 5.41) is 3.54. The van der Waals surface area contributed by atoms with Crippen molar-refractivity contribution in [2.24, 2.45) is 0 Å². The maximum Gasteiger partial charge on any atom is 0.257 e. The van der Waals surface area contributed by atoms with Gasteiger partial charge in [-0.1, -0.05) is 17.7 Å². The van der Waals surface area contributed by atoms with Crippen LogP contribution in [0.2, 0.25) is 5.02 Å². The van der Waals surface area contributed by atoms with E-state index in [1.54, 1.807) is 18.3 Å². The number of nitrogens with one attached hydrogen (secondary N) is 1. The van der Waals surface area contributed by atoms with Gasteiger partial charge in [-0.2, -0.15) is 11.8 Å². The molecular weight excluding hydrogens is 404 g/mol. The van der Waals surface area contributed by atoms with Gasteiger partial charge in [0.1, 0.15) is 5.82 Å². The number of carbonyl (C=O) groups excluding carboxylic acids is 1. The van der Waals surface area contributed by atoms with Gasteiger partial charge in [-0.15, -0.1) is 0 Å². The fourth-order valence-corrected chi connectivity index (χ4v) is 4.39. The Morgan fingerprint density at radius 2 is 1.97 bits per heavy atom. The molecule has 0 saturated carbocycles. The molecule has 1 fully saturated rings. The quantitative estimate of drug-likeness (QED) is 0.644. The molecule has 0 radical (unpaired) electrons. The van der Waals surface area contributed by atoms with Crippen molar-refractivity contribution < 1.29 is 4.79 Å². The Hall–Kier alpha value is -2.57. The van der Waals surface area contributed by atoms with E-state index in [0.29, 0.717) is 16.3 Å². The maximum absolute atomic E-state index is 12.8. The molecule has 3 heterocycles. The minimum Gasteiger partial charge on any atom is -0.355 e. The number of anilines is 2. The zero-order chi connectivity index (χ0) is 20.2. The maximum atomic E-state index is 12.8. The Labute approximate surface area is 179 Å². The summed E-state index contributed by atoms with van der Waals surface area (Å²) >= 11 is 8.29. The minimum atomic E-state index is -0.190. The molecule has 4 rings (SSSR count). The average Bonchev–Trinajstić information content (AvgIpc) is 2.76. The summed E-state index contributed by atoms with van der Waals surface area (Å²) in [7, 11) is 0. The summed E-state index contributed by atoms with van der Waals surface area (Å²) in [6.07, 6.45) is 1.72. The van der Waals surface area contributed by atoms with Crippen LogP contribution in [0.5, 0.6) is 0 Å². The summed E-state index contributed by atoms with van der Waals surface area (Å²) in [5.74, 6) is 2.96. The largest absolute Gasteiger partial charge is 0.355 e. The molecule has 1 amide bonds. The first-order valence-electron chi connectivity index (χ1n) is 9.44. The highest BCUT2D eigenvalue weighted by Gasteiger charge is 2.16. The first kappa shape index (κ1) is 19.7. The van der Waals surface area contributed by atoms with Gasteiger partial charge in [-0.25, -0.2) is 4.98 Å². The Kier molecular flexibility index (Phi) is 6.02. The van der Waals surface area contributed by atoms with Crippen LogP contribution in [0.25, 0.3) is 11.3 Å². The number of nitrogens with zero attached hydrogens (tertiary/aromatic N) is 3. The number of aromatic nitrogens is 2. The molecule has 7 heteroatoms. The SMILES string of the molecule is Cc1nc(N2CCSCC2)ccc1C(=O)Nc1ccc(Cl)c(-c2ccccn2)c1. The van der Waals surface area contributed by atoms with Gasteiger partial charge in [0.25, 0.3) is 5.91 Å². The van der Waals surface area contributed by atoms with Crippen molar-refractivity contribution in [3.8, 4) is 11.3 Å². The van der Waals surface area contributed by atoms with Crippen LogP contribution in [0, 0.1) is 6.92 Å². The molecule has 0 aliphatic carbocycles. The summed E-state index contributed by atoms with van der Waals surface area (Å²) in [4.78, 5) is 24.1. The van der Waals surface area contributed by atoms with Crippen molar-refractivity contribution in [1.29, 1.82) is 0 Å². The van der Waals surface area contributed by atoms with Gasteiger partial charge in [0.15, 0.2) is 0 Å². The molecule has 5 nitrogen and oxygen atoms in total. The van der Waals surface area contributed by atoms with Gasteiger partial charge in [-0.3, -0.25) is 9.78 Å². The highest BCUT2D eigenvalue weighted by atomic mass is 35.5. The molecular formula is C22H21ClN4OS. The lowest BCUT2D eigenvalue weighted by Crippen LogP contribution is -2.33. The fraction of sp³-hybridized carbons (Fsp3) is 0.227. The predicted molar refractivity (Wildman–Crippen MR) is 121 cm³/mol. The Morgan fingerprint density at radius 3 is 2.69 bits per heavy atom. The number of aryl methyl sites for hydroxylation is 1. The van der Waals surface area contributed by atoms with E-state index in [9.17, 15) is 4.79 Å². The third kappa shape index (κ3) is 4.54. The number of pyridine rings is 2. The Balaban J connectivity index is 1.54. The number of halogens is 1. The van der Waals surface area contributed by atoms with E-state index in [1.165, 1.54) is 0 Å². The third-order valence-corrected chi connectivity index (χ3v) is 6.09. The van der Waals surface area contributed by atoms with Crippen molar-refractivity contribution in [2.75, 3.05) is 34.8 Å². The van der Waals surface area contributed by atoms with E-state index in [-0.39, 0.29) is 5.91 Å². The normalized spacial score (nSPS) is 13.9. The summed E-state index contributed by atoms with van der Waals surface area (Å²) < 4.78 is 0. The second-order valence-electron chi connectivity index (χ2n) is 6.77. The molecule has 1 aromatic carbocycles. The Bertz CT molecular complexity index is 1020. The number of rotatable bonds is 4. The van der Waals surface area contributed by atoms with Gasteiger partial charge in [0.05, 0.1) is 22.0 Å². The number of hydrogen-bond donors (Lipinski definition) is 1. The topological polar surface area (TPSA) is 58.1 Å². The zero-order valence-corrected chi connectivity index (χ0v) is 17.6. The highest BCUT2D eigenvalue weighted by Crippen LogP contribution is 2.29. The van der Waals surface area contributed by atoms with Crippen LogP contribution in [0.3, 0.4) is 0 Å². The Morgan fingerprint density at radius 1 is 1.14 bits per heavy atom. The fourth-order valence-electron chi connectivity index (χ4n) is 3.28. The number of benzene rings is 1. The molecule has 148 valence electrons. The van der Waals surface area contributed by atoms with Gasteiger partial charge in [-0.05, 0) is 49.4 Å². The number of thioether (sulfide) groups is 1. The second kappa shape index (κ2) is 8.84. The molecule has 1 aliphatic rings. The number of hydrogen-bond acceptors (Lipinski definition) is 5. The lowest BCUT2D eigenvalue weighted by atomic mass is 10.1. The van der Waals surface area contributed by atoms with Gasteiger partial charge < -0.3 is 10.2 Å². The molecule has 0 bridgehead atoms. The molecule has 0 atom stereocenters. The van der Waals surface area contributed by atoms with Gasteiger partial charge in [0.2, 0.25) is 0 Å². The molecule has 0 unspecified atom stereocenters. The minimum absolute atomic E-state index is 0.190. The van der Waals surface area contributed by atoms with Gasteiger partial charge in [0, 0.05) is 42.0 Å². The molecule has 2 aromatic heterocycles. The lowest BCUT2D eigenvalue weighted by molar-refractivity contribution is 0.102.